The maximum absolute atomic E-state index is 6.36. The maximum atomic E-state index is 6.36. The molecule has 33 heavy (non-hydrogen) atoms. The number of benzene rings is 1. The lowest BCUT2D eigenvalue weighted by Crippen LogP contribution is -2.47. The molecule has 1 aliphatic carbocycles. The predicted octanol–water partition coefficient (Wildman–Crippen LogP) is 5.26. The van der Waals surface area contributed by atoms with Gasteiger partial charge in [-0.2, -0.15) is 0 Å². The molecule has 2 heterocycles. The van der Waals surface area contributed by atoms with Crippen LogP contribution in [0.5, 0.6) is 0 Å². The van der Waals surface area contributed by atoms with Gasteiger partial charge in [0.05, 0.1) is 12.4 Å². The van der Waals surface area contributed by atoms with Gasteiger partial charge in [0.2, 0.25) is 0 Å². The molecule has 1 aromatic carbocycles. The highest BCUT2D eigenvalue weighted by atomic mass is 35.5. The van der Waals surface area contributed by atoms with Crippen LogP contribution in [0.15, 0.2) is 59.5 Å². The van der Waals surface area contributed by atoms with E-state index >= 15 is 0 Å². The maximum Gasteiger partial charge on any atom is 0.0921 e. The first-order valence-electron chi connectivity index (χ1n) is 12.2. The van der Waals surface area contributed by atoms with Gasteiger partial charge in [-0.05, 0) is 74.4 Å². The highest BCUT2D eigenvalue weighted by Crippen LogP contribution is 2.33. The van der Waals surface area contributed by atoms with Gasteiger partial charge in [0.25, 0.3) is 0 Å². The molecule has 1 aliphatic heterocycles. The molecular weight excluding hydrogens is 430 g/mol. The number of H-pyrrole nitrogens is 1. The van der Waals surface area contributed by atoms with Gasteiger partial charge in [0.1, 0.15) is 0 Å². The summed E-state index contributed by atoms with van der Waals surface area (Å²) in [6, 6.07) is 6.79. The molecule has 5 nitrogen and oxygen atoms in total. The molecule has 0 radical (unpaired) electrons. The molecule has 2 aliphatic rings. The molecule has 6 heteroatoms. The minimum atomic E-state index is 0.304. The van der Waals surface area contributed by atoms with Crippen LogP contribution in [0.2, 0.25) is 5.02 Å². The van der Waals surface area contributed by atoms with E-state index in [1.165, 1.54) is 41.8 Å². The largest absolute Gasteiger partial charge is 0.348 e. The highest BCUT2D eigenvalue weighted by Gasteiger charge is 2.26. The molecule has 1 aromatic heterocycles. The second kappa shape index (κ2) is 12.3. The van der Waals surface area contributed by atoms with E-state index in [-0.39, 0.29) is 0 Å². The highest BCUT2D eigenvalue weighted by molar-refractivity contribution is 6.30. The summed E-state index contributed by atoms with van der Waals surface area (Å²) >= 11 is 6.36. The molecule has 0 saturated carbocycles. The van der Waals surface area contributed by atoms with Crippen molar-refractivity contribution in [3.8, 4) is 0 Å². The fraction of sp³-hybridized carbons (Fsp3) is 0.481. The summed E-state index contributed by atoms with van der Waals surface area (Å²) in [6.45, 7) is 5.63. The quantitative estimate of drug-likeness (QED) is 0.427. The number of allylic oxidation sites excluding steroid dienone is 3. The van der Waals surface area contributed by atoms with Gasteiger partial charge in [-0.3, -0.25) is 9.89 Å². The summed E-state index contributed by atoms with van der Waals surface area (Å²) in [6.07, 6.45) is 19.2. The summed E-state index contributed by atoms with van der Waals surface area (Å²) in [5.74, 6) is 0. The number of aryl methyl sites for hydroxylation is 2. The molecule has 176 valence electrons. The standard InChI is InChI=1S/C27H36ClN5/c1-29-12-5-7-22-6-4-8-23-19-24(28)10-11-26(23)27(18-22)33-16-14-32(15-17-33)13-3-2-9-25-20-30-21-31-25/h5,7,10-12,18-21,27H,2-4,6,8-9,13-17H2,1H3,(H,30,31)/b7-5-,22-18+,29-12?. The predicted molar refractivity (Wildman–Crippen MR) is 138 cm³/mol. The van der Waals surface area contributed by atoms with E-state index in [4.69, 9.17) is 11.6 Å². The number of nitrogens with zero attached hydrogens (tertiary/aromatic N) is 4. The number of aromatic nitrogens is 2. The molecule has 1 fully saturated rings. The smallest absolute Gasteiger partial charge is 0.0921 e. The second-order valence-corrected chi connectivity index (χ2v) is 9.50. The Labute approximate surface area is 203 Å². The fourth-order valence-corrected chi connectivity index (χ4v) is 5.16. The Morgan fingerprint density at radius 1 is 1.18 bits per heavy atom. The molecule has 0 amide bonds. The van der Waals surface area contributed by atoms with Crippen LogP contribution in [0.3, 0.4) is 0 Å². The fourth-order valence-electron chi connectivity index (χ4n) is 4.97. The van der Waals surface area contributed by atoms with Crippen molar-refractivity contribution in [3.63, 3.8) is 0 Å². The molecule has 1 N–H and O–H groups in total. The van der Waals surface area contributed by atoms with Crippen molar-refractivity contribution in [2.75, 3.05) is 39.8 Å². The van der Waals surface area contributed by atoms with Crippen molar-refractivity contribution in [2.45, 2.75) is 44.6 Å². The number of hydrogen-bond donors (Lipinski definition) is 1. The summed E-state index contributed by atoms with van der Waals surface area (Å²) < 4.78 is 0. The average molecular weight is 466 g/mol. The first-order valence-corrected chi connectivity index (χ1v) is 12.6. The van der Waals surface area contributed by atoms with E-state index in [2.05, 4.69) is 61.2 Å². The Bertz CT molecular complexity index is 955. The molecule has 4 rings (SSSR count). The first kappa shape index (κ1) is 23.9. The van der Waals surface area contributed by atoms with Crippen LogP contribution in [0, 0.1) is 0 Å². The van der Waals surface area contributed by atoms with Gasteiger partial charge in [-0.25, -0.2) is 4.98 Å². The minimum absolute atomic E-state index is 0.304. The van der Waals surface area contributed by atoms with Gasteiger partial charge in [0, 0.05) is 56.4 Å². The number of aliphatic imine (C=N–C) groups is 1. The van der Waals surface area contributed by atoms with Crippen LogP contribution in [0.4, 0.5) is 0 Å². The molecule has 0 bridgehead atoms. The van der Waals surface area contributed by atoms with Crippen LogP contribution in [-0.4, -0.2) is 65.8 Å². The first-order chi connectivity index (χ1) is 16.2. The number of rotatable bonds is 8. The summed E-state index contributed by atoms with van der Waals surface area (Å²) in [5.41, 5.74) is 5.47. The van der Waals surface area contributed by atoms with Crippen LogP contribution >= 0.6 is 11.6 Å². The van der Waals surface area contributed by atoms with Gasteiger partial charge in [-0.1, -0.05) is 35.4 Å². The van der Waals surface area contributed by atoms with Gasteiger partial charge >= 0.3 is 0 Å². The molecule has 0 spiro atoms. The van der Waals surface area contributed by atoms with Gasteiger partial charge in [0.15, 0.2) is 0 Å². The molecule has 1 unspecified atom stereocenters. The van der Waals surface area contributed by atoms with Crippen molar-refractivity contribution in [2.24, 2.45) is 4.99 Å². The van der Waals surface area contributed by atoms with Crippen molar-refractivity contribution < 1.29 is 0 Å². The third kappa shape index (κ3) is 6.89. The number of aromatic amines is 1. The average Bonchev–Trinajstić information content (AvgIpc) is 3.33. The Morgan fingerprint density at radius 2 is 2.06 bits per heavy atom. The number of piperazine rings is 1. The Kier molecular flexibility index (Phi) is 8.93. The molecule has 2 aromatic rings. The van der Waals surface area contributed by atoms with Crippen LogP contribution in [0.25, 0.3) is 0 Å². The topological polar surface area (TPSA) is 47.5 Å². The molecule has 1 atom stereocenters. The van der Waals surface area contributed by atoms with E-state index in [0.29, 0.717) is 6.04 Å². The number of nitrogens with one attached hydrogen (secondary N) is 1. The SMILES string of the molecule is CN=C/C=C\C1=C\C(N2CCN(CCCCc3cnc[nH]3)CC2)c2ccc(Cl)cc2CCC1. The minimum Gasteiger partial charge on any atom is -0.348 e. The lowest BCUT2D eigenvalue weighted by molar-refractivity contribution is 0.110. The zero-order chi connectivity index (χ0) is 22.9. The third-order valence-corrected chi connectivity index (χ3v) is 7.01. The molecule has 1 saturated heterocycles. The number of imidazole rings is 1. The summed E-state index contributed by atoms with van der Waals surface area (Å²) in [5, 5.41) is 0.844. The number of unbranched alkanes of at least 4 members (excludes halogenated alkanes) is 1. The van der Waals surface area contributed by atoms with E-state index in [0.717, 1.165) is 56.9 Å². The summed E-state index contributed by atoms with van der Waals surface area (Å²) in [7, 11) is 1.82. The lowest BCUT2D eigenvalue weighted by atomic mass is 9.89. The third-order valence-electron chi connectivity index (χ3n) is 6.78. The van der Waals surface area contributed by atoms with Crippen LogP contribution in [-0.2, 0) is 12.8 Å². The number of hydrogen-bond acceptors (Lipinski definition) is 4. The number of fused-ring (bicyclic) bond motifs is 1. The van der Waals surface area contributed by atoms with E-state index in [1.54, 1.807) is 6.33 Å². The Hall–Kier alpha value is -2.21. The monoisotopic (exact) mass is 465 g/mol. The summed E-state index contributed by atoms with van der Waals surface area (Å²) in [4.78, 5) is 16.7. The van der Waals surface area contributed by atoms with Crippen molar-refractivity contribution in [1.82, 2.24) is 19.8 Å². The van der Waals surface area contributed by atoms with Crippen LogP contribution < -0.4 is 0 Å². The van der Waals surface area contributed by atoms with Crippen LogP contribution in [0.1, 0.15) is 48.5 Å². The molecular formula is C27H36ClN5. The lowest BCUT2D eigenvalue weighted by Gasteiger charge is -2.40. The van der Waals surface area contributed by atoms with Crippen molar-refractivity contribution in [1.29, 1.82) is 0 Å². The number of halogens is 1. The van der Waals surface area contributed by atoms with Gasteiger partial charge < -0.3 is 9.88 Å². The van der Waals surface area contributed by atoms with E-state index < -0.39 is 0 Å². The Balaban J connectivity index is 1.40. The van der Waals surface area contributed by atoms with Gasteiger partial charge in [-0.15, -0.1) is 0 Å². The normalized spacial score (nSPS) is 22.2. The van der Waals surface area contributed by atoms with Crippen molar-refractivity contribution in [3.05, 3.63) is 76.4 Å². The van der Waals surface area contributed by atoms with E-state index in [1.807, 2.05) is 19.5 Å². The Morgan fingerprint density at radius 3 is 2.85 bits per heavy atom. The second-order valence-electron chi connectivity index (χ2n) is 9.06. The van der Waals surface area contributed by atoms with E-state index in [9.17, 15) is 0 Å². The zero-order valence-electron chi connectivity index (χ0n) is 19.7. The zero-order valence-corrected chi connectivity index (χ0v) is 20.5. The van der Waals surface area contributed by atoms with Crippen molar-refractivity contribution >= 4 is 17.8 Å².